The fourth-order valence-corrected chi connectivity index (χ4v) is 5.00. The minimum atomic E-state index is -1.29. The molecular formula is C23H19ClN4O4S. The van der Waals surface area contributed by atoms with Crippen molar-refractivity contribution in [2.75, 3.05) is 6.54 Å². The molecule has 4 amide bonds. The van der Waals surface area contributed by atoms with E-state index >= 15 is 0 Å². The van der Waals surface area contributed by atoms with Crippen molar-refractivity contribution in [3.05, 3.63) is 81.4 Å². The molecule has 0 aliphatic carbocycles. The smallest absolute Gasteiger partial charge is 0.325 e. The minimum absolute atomic E-state index is 0.332. The van der Waals surface area contributed by atoms with E-state index in [-0.39, 0.29) is 6.04 Å². The van der Waals surface area contributed by atoms with Crippen LogP contribution in [0.5, 0.6) is 0 Å². The summed E-state index contributed by atoms with van der Waals surface area (Å²) in [6, 6.07) is 13.1. The molecule has 1 saturated heterocycles. The number of carbonyl (C=O) groups is 3. The topological polar surface area (TPSA) is 95.2 Å². The van der Waals surface area contributed by atoms with Gasteiger partial charge in [-0.2, -0.15) is 5.10 Å². The zero-order valence-corrected chi connectivity index (χ0v) is 19.1. The second-order valence-electron chi connectivity index (χ2n) is 7.95. The van der Waals surface area contributed by atoms with E-state index in [0.717, 1.165) is 9.78 Å². The van der Waals surface area contributed by atoms with Crippen LogP contribution in [0.25, 0.3) is 0 Å². The van der Waals surface area contributed by atoms with Crippen molar-refractivity contribution in [2.24, 2.45) is 5.10 Å². The fourth-order valence-electron chi connectivity index (χ4n) is 4.06. The van der Waals surface area contributed by atoms with E-state index < -0.39 is 29.9 Å². The lowest BCUT2D eigenvalue weighted by Crippen LogP contribution is -2.43. The monoisotopic (exact) mass is 482 g/mol. The van der Waals surface area contributed by atoms with Crippen molar-refractivity contribution in [2.45, 2.75) is 24.9 Å². The first-order chi connectivity index (χ1) is 15.9. The van der Waals surface area contributed by atoms with Gasteiger partial charge in [0.15, 0.2) is 0 Å². The quantitative estimate of drug-likeness (QED) is 0.553. The predicted molar refractivity (Wildman–Crippen MR) is 123 cm³/mol. The van der Waals surface area contributed by atoms with Gasteiger partial charge in [0.25, 0.3) is 11.8 Å². The first kappa shape index (κ1) is 21.4. The number of amides is 4. The van der Waals surface area contributed by atoms with E-state index in [9.17, 15) is 14.4 Å². The van der Waals surface area contributed by atoms with E-state index in [1.807, 2.05) is 17.5 Å². The van der Waals surface area contributed by atoms with Gasteiger partial charge < -0.3 is 9.73 Å². The molecule has 168 valence electrons. The maximum Gasteiger partial charge on any atom is 0.325 e. The molecule has 0 saturated carbocycles. The second kappa shape index (κ2) is 8.17. The molecule has 5 rings (SSSR count). The zero-order valence-electron chi connectivity index (χ0n) is 17.5. The Hall–Kier alpha value is -3.43. The van der Waals surface area contributed by atoms with Gasteiger partial charge in [-0.1, -0.05) is 29.8 Å². The summed E-state index contributed by atoms with van der Waals surface area (Å²) < 4.78 is 5.46. The summed E-state index contributed by atoms with van der Waals surface area (Å²) in [6.07, 6.45) is 2.02. The van der Waals surface area contributed by atoms with Gasteiger partial charge >= 0.3 is 6.03 Å². The highest BCUT2D eigenvalue weighted by Crippen LogP contribution is 2.36. The molecule has 4 heterocycles. The Morgan fingerprint density at radius 3 is 2.70 bits per heavy atom. The van der Waals surface area contributed by atoms with Crippen molar-refractivity contribution in [3.63, 3.8) is 0 Å². The maximum atomic E-state index is 13.3. The molecule has 33 heavy (non-hydrogen) atoms. The number of hydrazone groups is 1. The number of nitrogens with zero attached hydrogens (tertiary/aromatic N) is 3. The molecule has 2 aliphatic heterocycles. The number of thiophene rings is 1. The van der Waals surface area contributed by atoms with Crippen LogP contribution in [0.3, 0.4) is 0 Å². The Morgan fingerprint density at radius 1 is 1.24 bits per heavy atom. The lowest BCUT2D eigenvalue weighted by Gasteiger charge is -2.24. The molecule has 3 aromatic rings. The number of carbonyl (C=O) groups excluding carboxylic acids is 3. The maximum absolute atomic E-state index is 13.3. The molecule has 2 aliphatic rings. The number of hydrogen-bond donors (Lipinski definition) is 1. The molecule has 2 atom stereocenters. The van der Waals surface area contributed by atoms with E-state index in [1.54, 1.807) is 49.6 Å². The molecule has 0 spiro atoms. The average Bonchev–Trinajstić information content (AvgIpc) is 3.58. The lowest BCUT2D eigenvalue weighted by atomic mass is 9.92. The van der Waals surface area contributed by atoms with Gasteiger partial charge in [0.05, 0.1) is 12.3 Å². The van der Waals surface area contributed by atoms with Crippen LogP contribution in [0, 0.1) is 0 Å². The SMILES string of the molecule is CC1(c2ccc(Cl)cc2)NC(=O)N(CC(=O)N2N=C(c3ccco3)CC2c2cccs2)C1=O. The van der Waals surface area contributed by atoms with Gasteiger partial charge in [0, 0.05) is 16.3 Å². The van der Waals surface area contributed by atoms with Gasteiger partial charge in [0.1, 0.15) is 23.6 Å². The molecule has 2 unspecified atom stereocenters. The summed E-state index contributed by atoms with van der Waals surface area (Å²) in [5.41, 5.74) is -0.0752. The summed E-state index contributed by atoms with van der Waals surface area (Å²) >= 11 is 7.47. The van der Waals surface area contributed by atoms with Crippen molar-refractivity contribution in [1.82, 2.24) is 15.2 Å². The molecular weight excluding hydrogens is 464 g/mol. The number of rotatable bonds is 5. The Labute approximate surface area is 198 Å². The largest absolute Gasteiger partial charge is 0.463 e. The van der Waals surface area contributed by atoms with E-state index in [4.69, 9.17) is 16.0 Å². The molecule has 1 N–H and O–H groups in total. The summed E-state index contributed by atoms with van der Waals surface area (Å²) in [6.45, 7) is 1.18. The minimum Gasteiger partial charge on any atom is -0.463 e. The van der Waals surface area contributed by atoms with Crippen LogP contribution in [0.1, 0.15) is 35.6 Å². The molecule has 1 aromatic carbocycles. The fraction of sp³-hybridized carbons (Fsp3) is 0.217. The Kier molecular flexibility index (Phi) is 5.30. The highest BCUT2D eigenvalue weighted by atomic mass is 35.5. The van der Waals surface area contributed by atoms with Crippen molar-refractivity contribution < 1.29 is 18.8 Å². The lowest BCUT2D eigenvalue weighted by molar-refractivity contribution is -0.139. The van der Waals surface area contributed by atoms with Crippen LogP contribution in [0.2, 0.25) is 5.02 Å². The molecule has 8 nitrogen and oxygen atoms in total. The van der Waals surface area contributed by atoms with Crippen molar-refractivity contribution in [3.8, 4) is 0 Å². The summed E-state index contributed by atoms with van der Waals surface area (Å²) in [5, 5.41) is 11.0. The van der Waals surface area contributed by atoms with Gasteiger partial charge in [-0.3, -0.25) is 14.5 Å². The van der Waals surface area contributed by atoms with Gasteiger partial charge in [0.2, 0.25) is 0 Å². The summed E-state index contributed by atoms with van der Waals surface area (Å²) in [5.74, 6) is -0.388. The zero-order chi connectivity index (χ0) is 23.2. The first-order valence-electron chi connectivity index (χ1n) is 10.2. The highest BCUT2D eigenvalue weighted by Gasteiger charge is 2.50. The van der Waals surface area contributed by atoms with E-state index in [1.165, 1.54) is 16.3 Å². The molecule has 0 bridgehead atoms. The summed E-state index contributed by atoms with van der Waals surface area (Å²) in [4.78, 5) is 41.1. The molecule has 2 aromatic heterocycles. The number of benzene rings is 1. The van der Waals surface area contributed by atoms with Crippen LogP contribution in [0.15, 0.2) is 69.7 Å². The summed E-state index contributed by atoms with van der Waals surface area (Å²) in [7, 11) is 0. The predicted octanol–water partition coefficient (Wildman–Crippen LogP) is 4.14. The third kappa shape index (κ3) is 3.73. The first-order valence-corrected chi connectivity index (χ1v) is 11.5. The van der Waals surface area contributed by atoms with Crippen LogP contribution in [0.4, 0.5) is 4.79 Å². The average molecular weight is 483 g/mol. The standard InChI is InChI=1S/C23H19ClN4O4S/c1-23(14-6-8-15(24)9-7-14)21(30)27(22(31)25-23)13-20(29)28-17(19-5-3-11-33-19)12-16(26-28)18-4-2-10-32-18/h2-11,17H,12-13H2,1H3,(H,25,31). The Balaban J connectivity index is 1.40. The van der Waals surface area contributed by atoms with Crippen LogP contribution in [-0.2, 0) is 15.1 Å². The second-order valence-corrected chi connectivity index (χ2v) is 9.37. The van der Waals surface area contributed by atoms with E-state index in [2.05, 4.69) is 10.4 Å². The number of urea groups is 1. The number of halogens is 1. The van der Waals surface area contributed by atoms with Crippen molar-refractivity contribution >= 4 is 46.5 Å². The van der Waals surface area contributed by atoms with Gasteiger partial charge in [-0.25, -0.2) is 9.80 Å². The number of nitrogens with one attached hydrogen (secondary N) is 1. The third-order valence-electron chi connectivity index (χ3n) is 5.83. The third-order valence-corrected chi connectivity index (χ3v) is 7.06. The Morgan fingerprint density at radius 2 is 2.03 bits per heavy atom. The van der Waals surface area contributed by atoms with Crippen LogP contribution < -0.4 is 5.32 Å². The Bertz CT molecular complexity index is 1240. The number of hydrogen-bond acceptors (Lipinski definition) is 6. The van der Waals surface area contributed by atoms with Gasteiger partial charge in [-0.15, -0.1) is 11.3 Å². The van der Waals surface area contributed by atoms with Crippen LogP contribution >= 0.6 is 22.9 Å². The normalized spacial score (nSPS) is 22.6. The van der Waals surface area contributed by atoms with Crippen molar-refractivity contribution in [1.29, 1.82) is 0 Å². The highest BCUT2D eigenvalue weighted by molar-refractivity contribution is 7.10. The molecule has 0 radical (unpaired) electrons. The molecule has 1 fully saturated rings. The van der Waals surface area contributed by atoms with Crippen LogP contribution in [-0.4, -0.2) is 40.0 Å². The number of imide groups is 1. The van der Waals surface area contributed by atoms with E-state index in [0.29, 0.717) is 28.5 Å². The molecule has 10 heteroatoms. The number of furan rings is 1. The van der Waals surface area contributed by atoms with Gasteiger partial charge in [-0.05, 0) is 48.2 Å².